The molecule has 0 fully saturated rings. The van der Waals surface area contributed by atoms with Crippen molar-refractivity contribution in [2.24, 2.45) is 7.05 Å². The van der Waals surface area contributed by atoms with Gasteiger partial charge in [-0.2, -0.15) is 0 Å². The predicted octanol–water partition coefficient (Wildman–Crippen LogP) is 0.913. The van der Waals surface area contributed by atoms with Gasteiger partial charge in [-0.15, -0.1) is 10.2 Å². The molecule has 1 N–H and O–H groups in total. The van der Waals surface area contributed by atoms with Gasteiger partial charge in [-0.25, -0.2) is 9.97 Å². The molecule has 0 unspecified atom stereocenters. The van der Waals surface area contributed by atoms with Crippen LogP contribution < -0.4 is 5.32 Å². The lowest BCUT2D eigenvalue weighted by molar-refractivity contribution is 0.787. The number of aromatic nitrogens is 5. The highest BCUT2D eigenvalue weighted by molar-refractivity contribution is 6.32. The van der Waals surface area contributed by atoms with Crippen LogP contribution in [-0.2, 0) is 13.5 Å². The monoisotopic (exact) mass is 238 g/mol. The third kappa shape index (κ3) is 2.46. The molecular formula is C9H11ClN6. The maximum atomic E-state index is 5.90. The van der Waals surface area contributed by atoms with Crippen LogP contribution in [0, 0.1) is 0 Å². The van der Waals surface area contributed by atoms with Crippen LogP contribution in [0.2, 0.25) is 5.02 Å². The van der Waals surface area contributed by atoms with Gasteiger partial charge in [0, 0.05) is 20.0 Å². The van der Waals surface area contributed by atoms with E-state index in [1.807, 2.05) is 11.6 Å². The molecule has 2 aromatic heterocycles. The first kappa shape index (κ1) is 10.8. The molecule has 0 aromatic carbocycles. The highest BCUT2D eigenvalue weighted by Crippen LogP contribution is 2.15. The van der Waals surface area contributed by atoms with Crippen LogP contribution in [0.3, 0.4) is 0 Å². The van der Waals surface area contributed by atoms with Crippen LogP contribution in [0.5, 0.6) is 0 Å². The van der Waals surface area contributed by atoms with E-state index in [-0.39, 0.29) is 0 Å². The number of nitrogens with one attached hydrogen (secondary N) is 1. The second-order valence-corrected chi connectivity index (χ2v) is 3.66. The second-order valence-electron chi connectivity index (χ2n) is 3.25. The molecule has 16 heavy (non-hydrogen) atoms. The first-order valence-electron chi connectivity index (χ1n) is 4.79. The fourth-order valence-corrected chi connectivity index (χ4v) is 1.44. The number of anilines is 1. The fourth-order valence-electron chi connectivity index (χ4n) is 1.27. The summed E-state index contributed by atoms with van der Waals surface area (Å²) in [6.07, 6.45) is 5.44. The van der Waals surface area contributed by atoms with Crippen molar-refractivity contribution in [3.63, 3.8) is 0 Å². The third-order valence-electron chi connectivity index (χ3n) is 2.11. The Bertz CT molecular complexity index is 469. The average Bonchev–Trinajstić information content (AvgIpc) is 2.67. The van der Waals surface area contributed by atoms with Crippen LogP contribution in [0.15, 0.2) is 18.9 Å². The lowest BCUT2D eigenvalue weighted by atomic mass is 10.4. The number of rotatable bonds is 4. The molecule has 2 aromatic rings. The molecule has 0 atom stereocenters. The number of aryl methyl sites for hydroxylation is 1. The Morgan fingerprint density at radius 1 is 1.50 bits per heavy atom. The molecule has 0 aliphatic carbocycles. The molecule has 0 bridgehead atoms. The molecular weight excluding hydrogens is 228 g/mol. The molecule has 2 heterocycles. The number of hydrogen-bond acceptors (Lipinski definition) is 5. The quantitative estimate of drug-likeness (QED) is 0.858. The van der Waals surface area contributed by atoms with Gasteiger partial charge in [0.25, 0.3) is 0 Å². The van der Waals surface area contributed by atoms with Gasteiger partial charge in [-0.1, -0.05) is 11.6 Å². The van der Waals surface area contributed by atoms with Crippen molar-refractivity contribution < 1.29 is 0 Å². The minimum Gasteiger partial charge on any atom is -0.368 e. The zero-order valence-corrected chi connectivity index (χ0v) is 9.52. The van der Waals surface area contributed by atoms with E-state index in [1.165, 1.54) is 6.33 Å². The van der Waals surface area contributed by atoms with Gasteiger partial charge in [-0.05, 0) is 0 Å². The van der Waals surface area contributed by atoms with Crippen molar-refractivity contribution in [2.75, 3.05) is 11.9 Å². The zero-order chi connectivity index (χ0) is 11.4. The summed E-state index contributed by atoms with van der Waals surface area (Å²) in [7, 11) is 1.91. The maximum Gasteiger partial charge on any atom is 0.148 e. The van der Waals surface area contributed by atoms with Crippen LogP contribution in [-0.4, -0.2) is 31.3 Å². The average molecular weight is 239 g/mol. The van der Waals surface area contributed by atoms with Crippen molar-refractivity contribution in [3.8, 4) is 0 Å². The molecule has 0 aliphatic heterocycles. The Morgan fingerprint density at radius 2 is 2.38 bits per heavy atom. The minimum atomic E-state index is 0.514. The van der Waals surface area contributed by atoms with Crippen LogP contribution in [0.4, 0.5) is 5.82 Å². The SMILES string of the molecule is Cn1cnnc1CCNc1ncncc1Cl. The number of hydrogen-bond donors (Lipinski definition) is 1. The van der Waals surface area contributed by atoms with Crippen molar-refractivity contribution in [3.05, 3.63) is 29.7 Å². The van der Waals surface area contributed by atoms with Gasteiger partial charge >= 0.3 is 0 Å². The Labute approximate surface area is 97.7 Å². The van der Waals surface area contributed by atoms with E-state index in [9.17, 15) is 0 Å². The first-order valence-corrected chi connectivity index (χ1v) is 5.17. The lowest BCUT2D eigenvalue weighted by Crippen LogP contribution is -2.09. The Kier molecular flexibility index (Phi) is 3.31. The van der Waals surface area contributed by atoms with Crippen molar-refractivity contribution in [1.29, 1.82) is 0 Å². The molecule has 0 radical (unpaired) electrons. The van der Waals surface area contributed by atoms with E-state index in [4.69, 9.17) is 11.6 Å². The van der Waals surface area contributed by atoms with Gasteiger partial charge in [0.1, 0.15) is 29.3 Å². The molecule has 2 rings (SSSR count). The van der Waals surface area contributed by atoms with Crippen LogP contribution in [0.25, 0.3) is 0 Å². The van der Waals surface area contributed by atoms with Gasteiger partial charge < -0.3 is 9.88 Å². The predicted molar refractivity (Wildman–Crippen MR) is 60.2 cm³/mol. The van der Waals surface area contributed by atoms with Crippen LogP contribution >= 0.6 is 11.6 Å². The fraction of sp³-hybridized carbons (Fsp3) is 0.333. The Hall–Kier alpha value is -1.69. The molecule has 0 amide bonds. The van der Waals surface area contributed by atoms with Crippen molar-refractivity contribution in [2.45, 2.75) is 6.42 Å². The maximum absolute atomic E-state index is 5.90. The highest BCUT2D eigenvalue weighted by atomic mass is 35.5. The summed E-state index contributed by atoms with van der Waals surface area (Å²) >= 11 is 5.90. The van der Waals surface area contributed by atoms with E-state index in [1.54, 1.807) is 12.5 Å². The normalized spacial score (nSPS) is 10.4. The number of nitrogens with zero attached hydrogens (tertiary/aromatic N) is 5. The van der Waals surface area contributed by atoms with E-state index in [0.717, 1.165) is 12.2 Å². The summed E-state index contributed by atoms with van der Waals surface area (Å²) < 4.78 is 1.88. The van der Waals surface area contributed by atoms with E-state index in [0.29, 0.717) is 17.4 Å². The number of halogens is 1. The summed E-state index contributed by atoms with van der Waals surface area (Å²) in [5, 5.41) is 11.4. The second kappa shape index (κ2) is 4.89. The molecule has 0 aliphatic rings. The van der Waals surface area contributed by atoms with Crippen LogP contribution in [0.1, 0.15) is 5.82 Å². The molecule has 84 valence electrons. The first-order chi connectivity index (χ1) is 7.77. The topological polar surface area (TPSA) is 68.5 Å². The molecule has 0 saturated carbocycles. The third-order valence-corrected chi connectivity index (χ3v) is 2.39. The van der Waals surface area contributed by atoms with Crippen molar-refractivity contribution >= 4 is 17.4 Å². The summed E-state index contributed by atoms with van der Waals surface area (Å²) in [5.41, 5.74) is 0. The zero-order valence-electron chi connectivity index (χ0n) is 8.76. The summed E-state index contributed by atoms with van der Waals surface area (Å²) in [6, 6.07) is 0. The van der Waals surface area contributed by atoms with Gasteiger partial charge in [0.05, 0.1) is 6.20 Å². The lowest BCUT2D eigenvalue weighted by Gasteiger charge is -2.05. The van der Waals surface area contributed by atoms with Gasteiger partial charge in [0.2, 0.25) is 0 Å². The summed E-state index contributed by atoms with van der Waals surface area (Å²) in [5.74, 6) is 1.55. The van der Waals surface area contributed by atoms with Crippen molar-refractivity contribution in [1.82, 2.24) is 24.7 Å². The summed E-state index contributed by atoms with van der Waals surface area (Å²) in [4.78, 5) is 7.83. The standard InChI is InChI=1S/C9H11ClN6/c1-16-6-14-15-8(16)2-3-12-9-7(10)4-11-5-13-9/h4-6H,2-3H2,1H3,(H,11,12,13). The van der Waals surface area contributed by atoms with Gasteiger partial charge in [0.15, 0.2) is 0 Å². The molecule has 6 nitrogen and oxygen atoms in total. The Morgan fingerprint density at radius 3 is 3.06 bits per heavy atom. The smallest absolute Gasteiger partial charge is 0.148 e. The van der Waals surface area contributed by atoms with Gasteiger partial charge in [-0.3, -0.25) is 0 Å². The largest absolute Gasteiger partial charge is 0.368 e. The van der Waals surface area contributed by atoms with E-state index < -0.39 is 0 Å². The van der Waals surface area contributed by atoms with E-state index >= 15 is 0 Å². The summed E-state index contributed by atoms with van der Waals surface area (Å²) in [6.45, 7) is 0.698. The van der Waals surface area contributed by atoms with E-state index in [2.05, 4.69) is 25.5 Å². The minimum absolute atomic E-state index is 0.514. The highest BCUT2D eigenvalue weighted by Gasteiger charge is 2.02. The Balaban J connectivity index is 1.89. The molecule has 7 heteroatoms. The molecule has 0 saturated heterocycles. The molecule has 0 spiro atoms.